The van der Waals surface area contributed by atoms with Crippen molar-refractivity contribution in [1.82, 2.24) is 4.90 Å². The first-order valence-electron chi connectivity index (χ1n) is 9.16. The molecule has 28 heavy (non-hydrogen) atoms. The van der Waals surface area contributed by atoms with Crippen LogP contribution in [0, 0.1) is 0 Å². The summed E-state index contributed by atoms with van der Waals surface area (Å²) in [5.41, 5.74) is 2.80. The molecular weight excluding hydrogens is 390 g/mol. The molecule has 0 aromatic heterocycles. The molecule has 3 nitrogen and oxygen atoms in total. The predicted octanol–water partition coefficient (Wildman–Crippen LogP) is 5.81. The van der Waals surface area contributed by atoms with Crippen LogP contribution >= 0.6 is 23.4 Å². The van der Waals surface area contributed by atoms with Gasteiger partial charge in [-0.15, -0.1) is 11.8 Å². The van der Waals surface area contributed by atoms with Gasteiger partial charge in [-0.2, -0.15) is 0 Å². The second kappa shape index (κ2) is 8.72. The molecule has 0 spiro atoms. The van der Waals surface area contributed by atoms with Gasteiger partial charge in [-0.3, -0.25) is 4.79 Å². The van der Waals surface area contributed by atoms with Gasteiger partial charge < -0.3 is 9.64 Å². The van der Waals surface area contributed by atoms with Crippen LogP contribution in [0.2, 0.25) is 5.02 Å². The molecule has 0 saturated carbocycles. The van der Waals surface area contributed by atoms with E-state index in [1.54, 1.807) is 36.0 Å². The van der Waals surface area contributed by atoms with Gasteiger partial charge in [0, 0.05) is 28.4 Å². The van der Waals surface area contributed by atoms with Gasteiger partial charge in [0.2, 0.25) is 0 Å². The molecular formula is C23H20ClNO2S. The summed E-state index contributed by atoms with van der Waals surface area (Å²) in [7, 11) is 0. The molecule has 0 bridgehead atoms. The molecule has 1 amide bonds. The predicted molar refractivity (Wildman–Crippen MR) is 115 cm³/mol. The van der Waals surface area contributed by atoms with Gasteiger partial charge in [0.1, 0.15) is 17.7 Å². The van der Waals surface area contributed by atoms with Gasteiger partial charge >= 0.3 is 0 Å². The van der Waals surface area contributed by atoms with Crippen LogP contribution < -0.4 is 4.74 Å². The largest absolute Gasteiger partial charge is 0.489 e. The average molecular weight is 410 g/mol. The topological polar surface area (TPSA) is 29.5 Å². The van der Waals surface area contributed by atoms with Gasteiger partial charge in [0.05, 0.1) is 0 Å². The molecule has 3 aromatic rings. The Morgan fingerprint density at radius 3 is 2.50 bits per heavy atom. The van der Waals surface area contributed by atoms with E-state index in [9.17, 15) is 4.79 Å². The Morgan fingerprint density at radius 2 is 1.71 bits per heavy atom. The molecule has 1 heterocycles. The monoisotopic (exact) mass is 409 g/mol. The van der Waals surface area contributed by atoms with E-state index in [0.29, 0.717) is 23.7 Å². The van der Waals surface area contributed by atoms with Gasteiger partial charge in [0.15, 0.2) is 0 Å². The standard InChI is InChI=1S/C23H20ClNO2S/c24-19-12-10-18(11-13-19)22(26)25-14-15-28-23(25)20-8-4-5-9-21(20)27-16-17-6-2-1-3-7-17/h1-13,23H,14-16H2/t23-/m0/s1. The Balaban J connectivity index is 1.55. The smallest absolute Gasteiger partial charge is 0.255 e. The Bertz CT molecular complexity index is 946. The number of para-hydroxylation sites is 1. The van der Waals surface area contributed by atoms with Crippen molar-refractivity contribution in [2.45, 2.75) is 12.0 Å². The van der Waals surface area contributed by atoms with E-state index in [1.807, 2.05) is 59.5 Å². The lowest BCUT2D eigenvalue weighted by Gasteiger charge is -2.26. The lowest BCUT2D eigenvalue weighted by Crippen LogP contribution is -2.30. The van der Waals surface area contributed by atoms with E-state index < -0.39 is 0 Å². The van der Waals surface area contributed by atoms with Crippen LogP contribution in [0.1, 0.15) is 26.9 Å². The number of benzene rings is 3. The van der Waals surface area contributed by atoms with Crippen molar-refractivity contribution in [3.8, 4) is 5.75 Å². The highest BCUT2D eigenvalue weighted by molar-refractivity contribution is 7.99. The van der Waals surface area contributed by atoms with Gasteiger partial charge in [-0.25, -0.2) is 0 Å². The molecule has 0 N–H and O–H groups in total. The summed E-state index contributed by atoms with van der Waals surface area (Å²) in [6.07, 6.45) is 0. The maximum absolute atomic E-state index is 13.1. The number of carbonyl (C=O) groups is 1. The number of nitrogens with zero attached hydrogens (tertiary/aromatic N) is 1. The number of rotatable bonds is 5. The summed E-state index contributed by atoms with van der Waals surface area (Å²) < 4.78 is 6.12. The highest BCUT2D eigenvalue weighted by Gasteiger charge is 2.33. The molecule has 142 valence electrons. The zero-order valence-corrected chi connectivity index (χ0v) is 16.8. The number of amides is 1. The summed E-state index contributed by atoms with van der Waals surface area (Å²) >= 11 is 7.73. The van der Waals surface area contributed by atoms with Crippen LogP contribution in [0.5, 0.6) is 5.75 Å². The van der Waals surface area contributed by atoms with Gasteiger partial charge in [-0.1, -0.05) is 60.1 Å². The summed E-state index contributed by atoms with van der Waals surface area (Å²) in [6.45, 7) is 1.21. The molecule has 1 atom stereocenters. The zero-order chi connectivity index (χ0) is 19.3. The van der Waals surface area contributed by atoms with E-state index in [4.69, 9.17) is 16.3 Å². The van der Waals surface area contributed by atoms with Crippen LogP contribution in [0.15, 0.2) is 78.9 Å². The van der Waals surface area contributed by atoms with Crippen molar-refractivity contribution in [1.29, 1.82) is 0 Å². The van der Waals surface area contributed by atoms with Crippen molar-refractivity contribution >= 4 is 29.3 Å². The van der Waals surface area contributed by atoms with Crippen molar-refractivity contribution < 1.29 is 9.53 Å². The third-order valence-corrected chi connectivity index (χ3v) is 6.16. The third-order valence-electron chi connectivity index (χ3n) is 4.67. The minimum absolute atomic E-state index is 0.0181. The van der Waals surface area contributed by atoms with E-state index in [2.05, 4.69) is 0 Å². The molecule has 0 unspecified atom stereocenters. The highest BCUT2D eigenvalue weighted by Crippen LogP contribution is 2.42. The number of carbonyl (C=O) groups excluding carboxylic acids is 1. The van der Waals surface area contributed by atoms with Crippen molar-refractivity contribution in [3.05, 3.63) is 101 Å². The second-order valence-electron chi connectivity index (χ2n) is 6.54. The Kier molecular flexibility index (Phi) is 5.89. The molecule has 4 rings (SSSR count). The number of thioether (sulfide) groups is 1. The molecule has 1 aliphatic heterocycles. The van der Waals surface area contributed by atoms with Gasteiger partial charge in [0.25, 0.3) is 5.91 Å². The van der Waals surface area contributed by atoms with Crippen LogP contribution in [0.25, 0.3) is 0 Å². The lowest BCUT2D eigenvalue weighted by molar-refractivity contribution is 0.0759. The molecule has 1 saturated heterocycles. The van der Waals surface area contributed by atoms with Crippen LogP contribution in [-0.4, -0.2) is 23.1 Å². The molecule has 0 aliphatic carbocycles. The molecule has 5 heteroatoms. The van der Waals surface area contributed by atoms with E-state index >= 15 is 0 Å². The minimum Gasteiger partial charge on any atom is -0.489 e. The maximum atomic E-state index is 13.1. The van der Waals surface area contributed by atoms with Crippen LogP contribution in [0.4, 0.5) is 0 Å². The number of hydrogen-bond acceptors (Lipinski definition) is 3. The Morgan fingerprint density at radius 1 is 1.00 bits per heavy atom. The second-order valence-corrected chi connectivity index (χ2v) is 8.17. The first-order valence-corrected chi connectivity index (χ1v) is 10.6. The van der Waals surface area contributed by atoms with Crippen LogP contribution in [0.3, 0.4) is 0 Å². The normalized spacial score (nSPS) is 16.2. The summed E-state index contributed by atoms with van der Waals surface area (Å²) in [4.78, 5) is 15.0. The Hall–Kier alpha value is -2.43. The van der Waals surface area contributed by atoms with E-state index in [-0.39, 0.29) is 11.3 Å². The molecule has 1 fully saturated rings. The zero-order valence-electron chi connectivity index (χ0n) is 15.3. The average Bonchev–Trinajstić information content (AvgIpc) is 3.23. The highest BCUT2D eigenvalue weighted by atomic mass is 35.5. The summed E-state index contributed by atoms with van der Waals surface area (Å²) in [5, 5.41) is 0.568. The number of hydrogen-bond donors (Lipinski definition) is 0. The SMILES string of the molecule is O=C(c1ccc(Cl)cc1)N1CCS[C@H]1c1ccccc1OCc1ccccc1. The van der Waals surface area contributed by atoms with Crippen LogP contribution in [-0.2, 0) is 6.61 Å². The fourth-order valence-corrected chi connectivity index (χ4v) is 4.65. The maximum Gasteiger partial charge on any atom is 0.255 e. The number of halogens is 1. The lowest BCUT2D eigenvalue weighted by atomic mass is 10.1. The van der Waals surface area contributed by atoms with Gasteiger partial charge in [-0.05, 0) is 35.9 Å². The van der Waals surface area contributed by atoms with Crippen molar-refractivity contribution in [2.75, 3.05) is 12.3 Å². The van der Waals surface area contributed by atoms with E-state index in [1.165, 1.54) is 0 Å². The molecule has 3 aromatic carbocycles. The Labute approximate surface area is 174 Å². The molecule has 1 aliphatic rings. The number of ether oxygens (including phenoxy) is 1. The van der Waals surface area contributed by atoms with Crippen molar-refractivity contribution in [2.24, 2.45) is 0 Å². The van der Waals surface area contributed by atoms with Crippen molar-refractivity contribution in [3.63, 3.8) is 0 Å². The summed E-state index contributed by atoms with van der Waals surface area (Å²) in [5.74, 6) is 1.74. The molecule has 0 radical (unpaired) electrons. The fraction of sp³-hybridized carbons (Fsp3) is 0.174. The van der Waals surface area contributed by atoms with E-state index in [0.717, 1.165) is 22.6 Å². The summed E-state index contributed by atoms with van der Waals surface area (Å²) in [6, 6.07) is 25.1. The minimum atomic E-state index is -0.0600. The quantitative estimate of drug-likeness (QED) is 0.532. The first kappa shape index (κ1) is 18.9. The third kappa shape index (κ3) is 4.18. The fourth-order valence-electron chi connectivity index (χ4n) is 3.25. The first-order chi connectivity index (χ1) is 13.7.